The van der Waals surface area contributed by atoms with Gasteiger partial charge in [-0.15, -0.1) is 0 Å². The highest BCUT2D eigenvalue weighted by Gasteiger charge is 2.24. The number of hydrogen-bond donors (Lipinski definition) is 2. The number of β-amino-alcohol motifs (C(OH)–C–C–N with tert-alkyl or cyclic N) is 1. The van der Waals surface area contributed by atoms with E-state index in [1.165, 1.54) is 0 Å². The molecule has 0 aromatic heterocycles. The second kappa shape index (κ2) is 6.54. The molecule has 1 atom stereocenters. The number of hydrogen-bond acceptors (Lipinski definition) is 5. The van der Waals surface area contributed by atoms with Gasteiger partial charge in [-0.05, 0) is 50.0 Å². The Hall–Kier alpha value is -1.79. The van der Waals surface area contributed by atoms with Gasteiger partial charge in [0.25, 0.3) is 0 Å². The molecule has 3 N–H and O–H groups in total. The summed E-state index contributed by atoms with van der Waals surface area (Å²) in [5.74, 6) is 1.28. The summed E-state index contributed by atoms with van der Waals surface area (Å²) < 4.78 is 10.6. The number of benzene rings is 1. The van der Waals surface area contributed by atoms with Gasteiger partial charge in [0.2, 0.25) is 12.7 Å². The molecule has 22 heavy (non-hydrogen) atoms. The Bertz CT molecular complexity index is 541. The maximum Gasteiger partial charge on any atom is 0.231 e. The summed E-state index contributed by atoms with van der Waals surface area (Å²) in [4.78, 5) is 13.3. The smallest absolute Gasteiger partial charge is 0.231 e. The predicted molar refractivity (Wildman–Crippen MR) is 80.6 cm³/mol. The topological polar surface area (TPSA) is 85.0 Å². The zero-order chi connectivity index (χ0) is 15.5. The van der Waals surface area contributed by atoms with Gasteiger partial charge in [0.15, 0.2) is 11.5 Å². The molecule has 0 radical (unpaired) electrons. The normalized spacial score (nSPS) is 20.0. The Labute approximate surface area is 129 Å². The number of carbonyl (C=O) groups is 1. The number of likely N-dealkylation sites (tertiary alicyclic amines) is 1. The van der Waals surface area contributed by atoms with Crippen LogP contribution < -0.4 is 15.2 Å². The quantitative estimate of drug-likeness (QED) is 0.828. The number of rotatable bonds is 5. The molecule has 120 valence electrons. The first-order valence-corrected chi connectivity index (χ1v) is 7.70. The summed E-state index contributed by atoms with van der Waals surface area (Å²) in [7, 11) is 0. The molecule has 1 unspecified atom stereocenters. The Morgan fingerprint density at radius 1 is 1.32 bits per heavy atom. The van der Waals surface area contributed by atoms with Gasteiger partial charge in [0.05, 0.1) is 6.10 Å². The highest BCUT2D eigenvalue weighted by Crippen LogP contribution is 2.32. The Balaban J connectivity index is 1.48. The molecule has 1 aromatic carbocycles. The van der Waals surface area contributed by atoms with Crippen molar-refractivity contribution in [3.63, 3.8) is 0 Å². The van der Waals surface area contributed by atoms with Crippen molar-refractivity contribution in [2.24, 2.45) is 11.7 Å². The average molecular weight is 306 g/mol. The van der Waals surface area contributed by atoms with Crippen molar-refractivity contribution >= 4 is 5.91 Å². The van der Waals surface area contributed by atoms with Crippen molar-refractivity contribution in [3.8, 4) is 11.5 Å². The van der Waals surface area contributed by atoms with Gasteiger partial charge in [0.1, 0.15) is 0 Å². The van der Waals surface area contributed by atoms with Crippen LogP contribution in [0.3, 0.4) is 0 Å². The van der Waals surface area contributed by atoms with Crippen molar-refractivity contribution in [2.45, 2.75) is 25.4 Å². The van der Waals surface area contributed by atoms with Crippen LogP contribution >= 0.6 is 0 Å². The van der Waals surface area contributed by atoms with E-state index in [1.54, 1.807) is 0 Å². The Morgan fingerprint density at radius 2 is 2.05 bits per heavy atom. The van der Waals surface area contributed by atoms with E-state index in [2.05, 4.69) is 4.90 Å². The largest absolute Gasteiger partial charge is 0.454 e. The number of carbonyl (C=O) groups excluding carboxylic acids is 1. The molecule has 6 heteroatoms. The molecule has 0 bridgehead atoms. The van der Waals surface area contributed by atoms with Crippen molar-refractivity contribution in [1.82, 2.24) is 4.90 Å². The van der Waals surface area contributed by atoms with Crippen molar-refractivity contribution in [3.05, 3.63) is 23.8 Å². The lowest BCUT2D eigenvalue weighted by Gasteiger charge is -2.31. The van der Waals surface area contributed by atoms with E-state index in [0.717, 1.165) is 43.0 Å². The fourth-order valence-electron chi connectivity index (χ4n) is 3.10. The molecule has 2 aliphatic rings. The molecule has 0 aliphatic carbocycles. The number of amides is 1. The van der Waals surface area contributed by atoms with Crippen LogP contribution in [-0.2, 0) is 11.2 Å². The molecule has 0 spiro atoms. The second-order valence-corrected chi connectivity index (χ2v) is 6.02. The number of ether oxygens (including phenoxy) is 2. The number of aliphatic hydroxyl groups is 1. The Kier molecular flexibility index (Phi) is 4.49. The summed E-state index contributed by atoms with van der Waals surface area (Å²) in [5, 5.41) is 10.3. The highest BCUT2D eigenvalue weighted by molar-refractivity contribution is 5.76. The zero-order valence-electron chi connectivity index (χ0n) is 12.5. The second-order valence-electron chi connectivity index (χ2n) is 6.02. The van der Waals surface area contributed by atoms with Gasteiger partial charge in [0, 0.05) is 12.5 Å². The van der Waals surface area contributed by atoms with Crippen molar-refractivity contribution < 1.29 is 19.4 Å². The highest BCUT2D eigenvalue weighted by atomic mass is 16.7. The van der Waals surface area contributed by atoms with E-state index < -0.39 is 6.10 Å². The third-order valence-corrected chi connectivity index (χ3v) is 4.37. The molecule has 6 nitrogen and oxygen atoms in total. The molecule has 1 fully saturated rings. The van der Waals surface area contributed by atoms with E-state index in [9.17, 15) is 9.90 Å². The zero-order valence-corrected chi connectivity index (χ0v) is 12.5. The van der Waals surface area contributed by atoms with E-state index in [4.69, 9.17) is 15.2 Å². The van der Waals surface area contributed by atoms with Crippen molar-refractivity contribution in [1.29, 1.82) is 0 Å². The van der Waals surface area contributed by atoms with Crippen LogP contribution in [0.5, 0.6) is 11.5 Å². The van der Waals surface area contributed by atoms with E-state index in [0.29, 0.717) is 13.0 Å². The van der Waals surface area contributed by atoms with Crippen LogP contribution in [0.1, 0.15) is 18.4 Å². The van der Waals surface area contributed by atoms with Gasteiger partial charge >= 0.3 is 0 Å². The summed E-state index contributed by atoms with van der Waals surface area (Å²) in [6.45, 7) is 2.49. The standard InChI is InChI=1S/C16H22N2O4/c17-16(20)12-3-5-18(6-4-12)9-13(19)7-11-1-2-14-15(8-11)22-10-21-14/h1-2,8,12-13,19H,3-7,9-10H2,(H2,17,20). The van der Waals surface area contributed by atoms with Gasteiger partial charge in [-0.1, -0.05) is 6.07 Å². The SMILES string of the molecule is NC(=O)C1CCN(CC(O)Cc2ccc3c(c2)OCO3)CC1. The van der Waals surface area contributed by atoms with Crippen LogP contribution in [0.25, 0.3) is 0 Å². The van der Waals surface area contributed by atoms with Crippen LogP contribution in [0.2, 0.25) is 0 Å². The first kappa shape index (κ1) is 15.1. The third kappa shape index (κ3) is 3.51. The number of primary amides is 1. The van der Waals surface area contributed by atoms with Crippen LogP contribution in [0.15, 0.2) is 18.2 Å². The molecule has 2 aliphatic heterocycles. The molecule has 2 heterocycles. The molecule has 0 saturated carbocycles. The molecular formula is C16H22N2O4. The van der Waals surface area contributed by atoms with Crippen molar-refractivity contribution in [2.75, 3.05) is 26.4 Å². The fourth-order valence-corrected chi connectivity index (χ4v) is 3.10. The maximum absolute atomic E-state index is 11.1. The van der Waals surface area contributed by atoms with Crippen LogP contribution in [-0.4, -0.2) is 48.4 Å². The average Bonchev–Trinajstić information content (AvgIpc) is 2.95. The molecule has 1 amide bonds. The minimum Gasteiger partial charge on any atom is -0.454 e. The van der Waals surface area contributed by atoms with E-state index >= 15 is 0 Å². The summed E-state index contributed by atoms with van der Waals surface area (Å²) in [5.41, 5.74) is 6.36. The predicted octanol–water partition coefficient (Wildman–Crippen LogP) is 0.516. The number of piperidine rings is 1. The monoisotopic (exact) mass is 306 g/mol. The maximum atomic E-state index is 11.1. The first-order valence-electron chi connectivity index (χ1n) is 7.70. The third-order valence-electron chi connectivity index (χ3n) is 4.37. The van der Waals surface area contributed by atoms with Gasteiger partial charge in [-0.25, -0.2) is 0 Å². The van der Waals surface area contributed by atoms with Gasteiger partial charge < -0.3 is 25.2 Å². The number of nitrogens with two attached hydrogens (primary N) is 1. The van der Waals surface area contributed by atoms with E-state index in [-0.39, 0.29) is 18.6 Å². The molecule has 3 rings (SSSR count). The number of nitrogens with zero attached hydrogens (tertiary/aromatic N) is 1. The molecule has 1 aromatic rings. The fraction of sp³-hybridized carbons (Fsp3) is 0.562. The van der Waals surface area contributed by atoms with E-state index in [1.807, 2.05) is 18.2 Å². The van der Waals surface area contributed by atoms with Gasteiger partial charge in [-0.3, -0.25) is 4.79 Å². The molecular weight excluding hydrogens is 284 g/mol. The lowest BCUT2D eigenvalue weighted by atomic mass is 9.96. The summed E-state index contributed by atoms with van der Waals surface area (Å²) in [6, 6.07) is 5.75. The number of fused-ring (bicyclic) bond motifs is 1. The minimum absolute atomic E-state index is 0.0118. The lowest BCUT2D eigenvalue weighted by Crippen LogP contribution is -2.42. The van der Waals surface area contributed by atoms with Crippen LogP contribution in [0.4, 0.5) is 0 Å². The number of aliphatic hydroxyl groups excluding tert-OH is 1. The first-order chi connectivity index (χ1) is 10.6. The molecule has 1 saturated heterocycles. The lowest BCUT2D eigenvalue weighted by molar-refractivity contribution is -0.123. The minimum atomic E-state index is -0.439. The van der Waals surface area contributed by atoms with Crippen LogP contribution in [0, 0.1) is 5.92 Å². The summed E-state index contributed by atoms with van der Waals surface area (Å²) in [6.07, 6.45) is 1.70. The Morgan fingerprint density at radius 3 is 2.77 bits per heavy atom. The summed E-state index contributed by atoms with van der Waals surface area (Å²) >= 11 is 0. The van der Waals surface area contributed by atoms with Gasteiger partial charge in [-0.2, -0.15) is 0 Å².